The largest absolute Gasteiger partial charge is 0.399 e. The van der Waals surface area contributed by atoms with E-state index in [2.05, 4.69) is 6.92 Å². The van der Waals surface area contributed by atoms with E-state index in [0.29, 0.717) is 0 Å². The van der Waals surface area contributed by atoms with Gasteiger partial charge in [0.15, 0.2) is 0 Å². The number of nitrogens with two attached hydrogens (primary N) is 2. The average Bonchev–Trinajstić information content (AvgIpc) is 1.82. The van der Waals surface area contributed by atoms with E-state index in [4.69, 9.17) is 11.5 Å². The van der Waals surface area contributed by atoms with Gasteiger partial charge in [-0.2, -0.15) is 0 Å². The Morgan fingerprint density at radius 3 is 2.60 bits per heavy atom. The summed E-state index contributed by atoms with van der Waals surface area (Å²) in [5.74, 6) is 0. The Morgan fingerprint density at radius 2 is 2.10 bits per heavy atom. The molecule has 0 aromatic heterocycles. The molecular formula is C8H14N2. The fourth-order valence-corrected chi connectivity index (χ4v) is 1.15. The summed E-state index contributed by atoms with van der Waals surface area (Å²) in [6.07, 6.45) is 2.95. The molecule has 0 aromatic rings. The quantitative estimate of drug-likeness (QED) is 0.522. The van der Waals surface area contributed by atoms with Crippen LogP contribution >= 0.6 is 0 Å². The zero-order valence-electron chi connectivity index (χ0n) is 6.52. The van der Waals surface area contributed by atoms with Crippen LogP contribution in [0.2, 0.25) is 0 Å². The molecule has 0 bridgehead atoms. The number of hydrogen-bond donors (Lipinski definition) is 2. The van der Waals surface area contributed by atoms with Gasteiger partial charge in [0.05, 0.1) is 0 Å². The monoisotopic (exact) mass is 138 g/mol. The van der Waals surface area contributed by atoms with Crippen LogP contribution in [0.25, 0.3) is 0 Å². The van der Waals surface area contributed by atoms with Crippen molar-refractivity contribution in [2.45, 2.75) is 26.3 Å². The third-order valence-electron chi connectivity index (χ3n) is 1.96. The van der Waals surface area contributed by atoms with E-state index in [-0.39, 0.29) is 6.04 Å². The lowest BCUT2D eigenvalue weighted by atomic mass is 9.94. The Bertz CT molecular complexity index is 201. The lowest BCUT2D eigenvalue weighted by molar-refractivity contribution is 0.732. The smallest absolute Gasteiger partial charge is 0.0318 e. The number of rotatable bonds is 0. The fourth-order valence-electron chi connectivity index (χ4n) is 1.15. The Labute approximate surface area is 61.6 Å². The second kappa shape index (κ2) is 2.46. The van der Waals surface area contributed by atoms with Gasteiger partial charge in [-0.25, -0.2) is 0 Å². The first-order valence-corrected chi connectivity index (χ1v) is 3.50. The first-order valence-electron chi connectivity index (χ1n) is 3.50. The van der Waals surface area contributed by atoms with E-state index < -0.39 is 0 Å². The molecule has 1 atom stereocenters. The van der Waals surface area contributed by atoms with E-state index in [9.17, 15) is 0 Å². The van der Waals surface area contributed by atoms with Crippen molar-refractivity contribution in [3.8, 4) is 0 Å². The van der Waals surface area contributed by atoms with Gasteiger partial charge in [-0.1, -0.05) is 5.57 Å². The minimum Gasteiger partial charge on any atom is -0.399 e. The van der Waals surface area contributed by atoms with Crippen LogP contribution in [-0.4, -0.2) is 6.04 Å². The van der Waals surface area contributed by atoms with Gasteiger partial charge in [0.25, 0.3) is 0 Å². The average molecular weight is 138 g/mol. The van der Waals surface area contributed by atoms with Crippen LogP contribution < -0.4 is 11.5 Å². The van der Waals surface area contributed by atoms with Gasteiger partial charge < -0.3 is 11.5 Å². The lowest BCUT2D eigenvalue weighted by Crippen LogP contribution is -2.26. The molecule has 0 saturated carbocycles. The lowest BCUT2D eigenvalue weighted by Gasteiger charge is -2.19. The van der Waals surface area contributed by atoms with E-state index in [1.165, 1.54) is 5.57 Å². The summed E-state index contributed by atoms with van der Waals surface area (Å²) in [6.45, 7) is 4.04. The Morgan fingerprint density at radius 1 is 1.50 bits per heavy atom. The normalized spacial score (nSPS) is 26.7. The molecule has 0 fully saturated rings. The standard InChI is InChI=1S/C8H14N2/c1-5-3-7(9)6(2)8(10)4-5/h3,8H,4,9-10H2,1-2H3. The molecule has 0 saturated heterocycles. The molecule has 0 spiro atoms. The molecule has 2 heteroatoms. The molecule has 0 aliphatic heterocycles. The summed E-state index contributed by atoms with van der Waals surface area (Å²) < 4.78 is 0. The molecular weight excluding hydrogens is 124 g/mol. The first kappa shape index (κ1) is 7.35. The molecule has 0 heterocycles. The highest BCUT2D eigenvalue weighted by Crippen LogP contribution is 2.18. The van der Waals surface area contributed by atoms with Crippen molar-refractivity contribution in [2.24, 2.45) is 11.5 Å². The van der Waals surface area contributed by atoms with Crippen LogP contribution in [0.4, 0.5) is 0 Å². The zero-order chi connectivity index (χ0) is 7.72. The van der Waals surface area contributed by atoms with Crippen molar-refractivity contribution in [3.63, 3.8) is 0 Å². The van der Waals surface area contributed by atoms with Crippen molar-refractivity contribution >= 4 is 0 Å². The Balaban J connectivity index is 2.92. The summed E-state index contributed by atoms with van der Waals surface area (Å²) in [5.41, 5.74) is 14.7. The highest BCUT2D eigenvalue weighted by Gasteiger charge is 2.12. The van der Waals surface area contributed by atoms with Crippen LogP contribution in [0.5, 0.6) is 0 Å². The topological polar surface area (TPSA) is 52.0 Å². The molecule has 1 aliphatic carbocycles. The third-order valence-corrected chi connectivity index (χ3v) is 1.96. The van der Waals surface area contributed by atoms with E-state index in [1.54, 1.807) is 0 Å². The molecule has 0 amide bonds. The maximum Gasteiger partial charge on any atom is 0.0318 e. The summed E-state index contributed by atoms with van der Waals surface area (Å²) >= 11 is 0. The molecule has 0 aromatic carbocycles. The third kappa shape index (κ3) is 1.21. The molecule has 4 N–H and O–H groups in total. The molecule has 1 rings (SSSR count). The van der Waals surface area contributed by atoms with Crippen molar-refractivity contribution in [2.75, 3.05) is 0 Å². The predicted octanol–water partition coefficient (Wildman–Crippen LogP) is 0.896. The van der Waals surface area contributed by atoms with Crippen LogP contribution in [-0.2, 0) is 0 Å². The fraction of sp³-hybridized carbons (Fsp3) is 0.500. The van der Waals surface area contributed by atoms with Gasteiger partial charge in [0, 0.05) is 11.7 Å². The van der Waals surface area contributed by atoms with E-state index in [1.807, 2.05) is 13.0 Å². The van der Waals surface area contributed by atoms with Crippen molar-refractivity contribution in [1.82, 2.24) is 0 Å². The van der Waals surface area contributed by atoms with Crippen LogP contribution in [0.1, 0.15) is 20.3 Å². The van der Waals surface area contributed by atoms with Crippen LogP contribution in [0.15, 0.2) is 22.9 Å². The zero-order valence-corrected chi connectivity index (χ0v) is 6.52. The highest BCUT2D eigenvalue weighted by atomic mass is 14.7. The van der Waals surface area contributed by atoms with Gasteiger partial charge >= 0.3 is 0 Å². The summed E-state index contributed by atoms with van der Waals surface area (Å²) in [6, 6.07) is 0.144. The van der Waals surface area contributed by atoms with Gasteiger partial charge in [-0.15, -0.1) is 0 Å². The molecule has 1 aliphatic rings. The SMILES string of the molecule is CC1=CC(N)=C(C)C(N)C1. The second-order valence-electron chi connectivity index (χ2n) is 2.94. The van der Waals surface area contributed by atoms with E-state index >= 15 is 0 Å². The maximum atomic E-state index is 5.78. The molecule has 2 nitrogen and oxygen atoms in total. The predicted molar refractivity (Wildman–Crippen MR) is 43.2 cm³/mol. The highest BCUT2D eigenvalue weighted by molar-refractivity contribution is 5.33. The number of allylic oxidation sites excluding steroid dienone is 1. The first-order chi connectivity index (χ1) is 4.61. The molecule has 1 unspecified atom stereocenters. The second-order valence-corrected chi connectivity index (χ2v) is 2.94. The number of hydrogen-bond acceptors (Lipinski definition) is 2. The Kier molecular flexibility index (Phi) is 1.81. The van der Waals surface area contributed by atoms with Crippen molar-refractivity contribution in [1.29, 1.82) is 0 Å². The van der Waals surface area contributed by atoms with Gasteiger partial charge in [0.2, 0.25) is 0 Å². The van der Waals surface area contributed by atoms with Crippen LogP contribution in [0.3, 0.4) is 0 Å². The summed E-state index contributed by atoms with van der Waals surface area (Å²) in [5, 5.41) is 0. The minimum absolute atomic E-state index is 0.144. The van der Waals surface area contributed by atoms with Crippen LogP contribution in [0, 0.1) is 0 Å². The van der Waals surface area contributed by atoms with E-state index in [0.717, 1.165) is 17.7 Å². The summed E-state index contributed by atoms with van der Waals surface area (Å²) in [4.78, 5) is 0. The molecule has 0 radical (unpaired) electrons. The van der Waals surface area contributed by atoms with Gasteiger partial charge in [-0.3, -0.25) is 0 Å². The van der Waals surface area contributed by atoms with Crippen molar-refractivity contribution < 1.29 is 0 Å². The van der Waals surface area contributed by atoms with Crippen molar-refractivity contribution in [3.05, 3.63) is 22.9 Å². The van der Waals surface area contributed by atoms with Gasteiger partial charge in [-0.05, 0) is 31.9 Å². The summed E-state index contributed by atoms with van der Waals surface area (Å²) in [7, 11) is 0. The Hall–Kier alpha value is -0.760. The maximum absolute atomic E-state index is 5.78. The van der Waals surface area contributed by atoms with Gasteiger partial charge in [0.1, 0.15) is 0 Å². The molecule has 56 valence electrons. The molecule has 10 heavy (non-hydrogen) atoms. The minimum atomic E-state index is 0.144.